The summed E-state index contributed by atoms with van der Waals surface area (Å²) >= 11 is 0. The zero-order valence-electron chi connectivity index (χ0n) is 11.5. The minimum absolute atomic E-state index is 0. The van der Waals surface area contributed by atoms with Crippen molar-refractivity contribution in [3.63, 3.8) is 0 Å². The smallest absolute Gasteiger partial charge is 0 e. The minimum atomic E-state index is 0. The standard InChI is InChI=1S/2C8H14.ClH.Ir/c2*1-2-4-6-8-7-5-3-1;;/h2*1-2H,3-8H2;1H;/b2*2-1-;;. The van der Waals surface area contributed by atoms with Crippen molar-refractivity contribution in [3.8, 4) is 0 Å². The molecular weight excluding hydrogens is 420 g/mol. The van der Waals surface area contributed by atoms with E-state index in [-0.39, 0.29) is 32.5 Å². The molecule has 18 heavy (non-hydrogen) atoms. The molecule has 0 fully saturated rings. The van der Waals surface area contributed by atoms with Crippen molar-refractivity contribution >= 4 is 12.4 Å². The van der Waals surface area contributed by atoms with Crippen molar-refractivity contribution in [1.82, 2.24) is 0 Å². The zero-order chi connectivity index (χ0) is 11.3. The third kappa shape index (κ3) is 14.5. The van der Waals surface area contributed by atoms with Crippen molar-refractivity contribution in [2.75, 3.05) is 0 Å². The first-order valence-corrected chi connectivity index (χ1v) is 7.30. The zero-order valence-corrected chi connectivity index (χ0v) is 14.7. The van der Waals surface area contributed by atoms with Crippen LogP contribution >= 0.6 is 12.4 Å². The Labute approximate surface area is 133 Å². The van der Waals surface area contributed by atoms with Gasteiger partial charge in [-0.15, -0.1) is 12.4 Å². The fraction of sp³-hybridized carbons (Fsp3) is 0.750. The average molecular weight is 449 g/mol. The van der Waals surface area contributed by atoms with Crippen LogP contribution in [-0.2, 0) is 20.1 Å². The molecule has 2 rings (SSSR count). The Balaban J connectivity index is 0. The maximum Gasteiger partial charge on any atom is 0 e. The van der Waals surface area contributed by atoms with Crippen LogP contribution in [0.2, 0.25) is 0 Å². The van der Waals surface area contributed by atoms with Crippen molar-refractivity contribution in [1.29, 1.82) is 0 Å². The van der Waals surface area contributed by atoms with E-state index in [4.69, 9.17) is 0 Å². The molecule has 0 spiro atoms. The van der Waals surface area contributed by atoms with Crippen LogP contribution < -0.4 is 0 Å². The third-order valence-corrected chi connectivity index (χ3v) is 3.32. The number of hydrogen-bond acceptors (Lipinski definition) is 0. The summed E-state index contributed by atoms with van der Waals surface area (Å²) in [6.07, 6.45) is 26.0. The van der Waals surface area contributed by atoms with Crippen molar-refractivity contribution in [3.05, 3.63) is 24.3 Å². The molecule has 0 aromatic rings. The molecule has 0 bridgehead atoms. The van der Waals surface area contributed by atoms with Crippen LogP contribution in [0.25, 0.3) is 0 Å². The van der Waals surface area contributed by atoms with Crippen molar-refractivity contribution in [2.45, 2.75) is 77.0 Å². The second kappa shape index (κ2) is 17.4. The van der Waals surface area contributed by atoms with Gasteiger partial charge in [-0.05, 0) is 51.4 Å². The summed E-state index contributed by atoms with van der Waals surface area (Å²) in [5.74, 6) is 0. The van der Waals surface area contributed by atoms with Gasteiger partial charge >= 0.3 is 0 Å². The van der Waals surface area contributed by atoms with E-state index in [1.165, 1.54) is 77.0 Å². The number of hydrogen-bond donors (Lipinski definition) is 0. The van der Waals surface area contributed by atoms with Gasteiger partial charge in [0, 0.05) is 20.1 Å². The van der Waals surface area contributed by atoms with E-state index in [9.17, 15) is 0 Å². The molecular formula is C16H29ClIr. The number of halogens is 1. The van der Waals surface area contributed by atoms with Gasteiger partial charge in [-0.3, -0.25) is 0 Å². The second-order valence-corrected chi connectivity index (χ2v) is 4.93. The van der Waals surface area contributed by atoms with E-state index in [1.807, 2.05) is 0 Å². The van der Waals surface area contributed by atoms with Crippen LogP contribution in [0.1, 0.15) is 77.0 Å². The van der Waals surface area contributed by atoms with E-state index >= 15 is 0 Å². The molecule has 109 valence electrons. The maximum absolute atomic E-state index is 2.32. The van der Waals surface area contributed by atoms with Crippen LogP contribution in [0.5, 0.6) is 0 Å². The first-order valence-electron chi connectivity index (χ1n) is 7.30. The SMILES string of the molecule is C1=C\CCCCCC/1.C1=C\CCCCCC/1.Cl.[Ir]. The van der Waals surface area contributed by atoms with Crippen LogP contribution in [0.3, 0.4) is 0 Å². The van der Waals surface area contributed by atoms with E-state index in [0.29, 0.717) is 0 Å². The number of allylic oxidation sites excluding steroid dienone is 4. The van der Waals surface area contributed by atoms with Gasteiger partial charge in [0.25, 0.3) is 0 Å². The summed E-state index contributed by atoms with van der Waals surface area (Å²) in [5, 5.41) is 0. The van der Waals surface area contributed by atoms with Crippen molar-refractivity contribution < 1.29 is 20.1 Å². The molecule has 0 aliphatic heterocycles. The fourth-order valence-corrected chi connectivity index (χ4v) is 2.23. The van der Waals surface area contributed by atoms with Gasteiger partial charge in [-0.25, -0.2) is 0 Å². The monoisotopic (exact) mass is 449 g/mol. The predicted octanol–water partition coefficient (Wildman–Crippen LogP) is 6.21. The largest absolute Gasteiger partial charge is 0.147 e. The molecule has 0 nitrogen and oxygen atoms in total. The normalized spacial score (nSPS) is 23.1. The molecule has 0 heterocycles. The van der Waals surface area contributed by atoms with Gasteiger partial charge in [0.2, 0.25) is 0 Å². The molecule has 0 atom stereocenters. The molecule has 2 aliphatic rings. The van der Waals surface area contributed by atoms with Gasteiger partial charge in [0.15, 0.2) is 0 Å². The first kappa shape index (κ1) is 20.7. The Morgan fingerprint density at radius 2 is 0.611 bits per heavy atom. The fourth-order valence-electron chi connectivity index (χ4n) is 2.23. The van der Waals surface area contributed by atoms with Gasteiger partial charge < -0.3 is 0 Å². The first-order chi connectivity index (χ1) is 8.00. The topological polar surface area (TPSA) is 0 Å². The quantitative estimate of drug-likeness (QED) is 0.386. The Hall–Kier alpha value is 0.419. The van der Waals surface area contributed by atoms with Gasteiger partial charge in [-0.2, -0.15) is 0 Å². The van der Waals surface area contributed by atoms with Crippen LogP contribution in [0.15, 0.2) is 24.3 Å². The molecule has 2 aliphatic carbocycles. The minimum Gasteiger partial charge on any atom is -0.147 e. The van der Waals surface area contributed by atoms with Gasteiger partial charge in [0.05, 0.1) is 0 Å². The van der Waals surface area contributed by atoms with E-state index in [0.717, 1.165) is 0 Å². The summed E-state index contributed by atoms with van der Waals surface area (Å²) in [6.45, 7) is 0. The molecule has 0 saturated heterocycles. The van der Waals surface area contributed by atoms with E-state index < -0.39 is 0 Å². The maximum atomic E-state index is 2.32. The molecule has 0 saturated carbocycles. The second-order valence-electron chi connectivity index (χ2n) is 4.93. The number of rotatable bonds is 0. The van der Waals surface area contributed by atoms with Crippen LogP contribution in [-0.4, -0.2) is 0 Å². The summed E-state index contributed by atoms with van der Waals surface area (Å²) in [7, 11) is 0. The molecule has 0 unspecified atom stereocenters. The Morgan fingerprint density at radius 1 is 0.389 bits per heavy atom. The summed E-state index contributed by atoms with van der Waals surface area (Å²) in [6, 6.07) is 0. The average Bonchev–Trinajstić information content (AvgIpc) is 2.15. The Morgan fingerprint density at radius 3 is 0.833 bits per heavy atom. The summed E-state index contributed by atoms with van der Waals surface area (Å²) in [5.41, 5.74) is 0. The van der Waals surface area contributed by atoms with E-state index in [1.54, 1.807) is 0 Å². The molecule has 1 radical (unpaired) electrons. The third-order valence-electron chi connectivity index (χ3n) is 3.32. The predicted molar refractivity (Wildman–Crippen MR) is 80.9 cm³/mol. The van der Waals surface area contributed by atoms with Gasteiger partial charge in [-0.1, -0.05) is 50.0 Å². The molecule has 0 aromatic heterocycles. The molecule has 2 heteroatoms. The molecule has 0 N–H and O–H groups in total. The summed E-state index contributed by atoms with van der Waals surface area (Å²) < 4.78 is 0. The molecule has 0 amide bonds. The van der Waals surface area contributed by atoms with Gasteiger partial charge in [0.1, 0.15) is 0 Å². The summed E-state index contributed by atoms with van der Waals surface area (Å²) in [4.78, 5) is 0. The van der Waals surface area contributed by atoms with Crippen LogP contribution in [0.4, 0.5) is 0 Å². The Bertz CT molecular complexity index is 157. The van der Waals surface area contributed by atoms with Crippen LogP contribution in [0, 0.1) is 0 Å². The molecule has 0 aromatic carbocycles. The van der Waals surface area contributed by atoms with Crippen molar-refractivity contribution in [2.24, 2.45) is 0 Å². The van der Waals surface area contributed by atoms with E-state index in [2.05, 4.69) is 24.3 Å². The Kier molecular flexibility index (Phi) is 20.1.